The Balaban J connectivity index is 1.35. The molecule has 1 aromatic carbocycles. The van der Waals surface area contributed by atoms with Crippen molar-refractivity contribution in [2.45, 2.75) is 12.8 Å². The number of benzene rings is 1. The molecule has 0 saturated carbocycles. The van der Waals surface area contributed by atoms with Gasteiger partial charge in [0.1, 0.15) is 0 Å². The molecular weight excluding hydrogens is 460 g/mol. The highest BCUT2D eigenvalue weighted by Crippen LogP contribution is 2.32. The van der Waals surface area contributed by atoms with Crippen LogP contribution in [0.2, 0.25) is 4.34 Å². The second-order valence-corrected chi connectivity index (χ2v) is 9.97. The van der Waals surface area contributed by atoms with E-state index in [1.165, 1.54) is 11.3 Å². The van der Waals surface area contributed by atoms with Gasteiger partial charge in [0.2, 0.25) is 0 Å². The zero-order chi connectivity index (χ0) is 22.9. The number of piperazine rings is 1. The summed E-state index contributed by atoms with van der Waals surface area (Å²) in [5, 5.41) is 0.789. The lowest BCUT2D eigenvalue weighted by Gasteiger charge is -2.35. The summed E-state index contributed by atoms with van der Waals surface area (Å²) in [6, 6.07) is 13.1. The highest BCUT2D eigenvalue weighted by molar-refractivity contribution is 7.19. The van der Waals surface area contributed by atoms with E-state index in [9.17, 15) is 14.4 Å². The van der Waals surface area contributed by atoms with E-state index in [-0.39, 0.29) is 5.91 Å². The summed E-state index contributed by atoms with van der Waals surface area (Å²) >= 11 is 7.53. The van der Waals surface area contributed by atoms with E-state index >= 15 is 0 Å². The largest absolute Gasteiger partial charge is 0.335 e. The van der Waals surface area contributed by atoms with E-state index in [0.717, 1.165) is 28.6 Å². The quantitative estimate of drug-likeness (QED) is 0.524. The van der Waals surface area contributed by atoms with E-state index < -0.39 is 11.8 Å². The average molecular weight is 483 g/mol. The number of hydrogen-bond donors (Lipinski definition) is 0. The van der Waals surface area contributed by atoms with E-state index in [0.29, 0.717) is 54.9 Å². The van der Waals surface area contributed by atoms with Crippen molar-refractivity contribution < 1.29 is 14.4 Å². The summed E-state index contributed by atoms with van der Waals surface area (Å²) < 4.78 is 0.664. The SMILES string of the molecule is O=C(C(=O)N1CCN(C(=O)c2cc(-c3ccc(Cl)s3)nc3ccccc23)CC1)N1CCCC1. The Kier molecular flexibility index (Phi) is 6.03. The number of pyridine rings is 1. The summed E-state index contributed by atoms with van der Waals surface area (Å²) in [6.45, 7) is 2.76. The molecule has 3 aromatic rings. The van der Waals surface area contributed by atoms with Crippen LogP contribution in [0.1, 0.15) is 23.2 Å². The van der Waals surface area contributed by atoms with Crippen LogP contribution in [0.4, 0.5) is 0 Å². The lowest BCUT2D eigenvalue weighted by Crippen LogP contribution is -2.54. The van der Waals surface area contributed by atoms with Crippen LogP contribution in [0.5, 0.6) is 0 Å². The molecule has 2 aliphatic rings. The zero-order valence-corrected chi connectivity index (χ0v) is 19.6. The number of amides is 3. The maximum absolute atomic E-state index is 13.5. The van der Waals surface area contributed by atoms with Crippen molar-refractivity contribution in [3.05, 3.63) is 52.4 Å². The van der Waals surface area contributed by atoms with Crippen molar-refractivity contribution in [1.29, 1.82) is 0 Å². The molecule has 0 bridgehead atoms. The van der Waals surface area contributed by atoms with Gasteiger partial charge in [0, 0.05) is 44.7 Å². The zero-order valence-electron chi connectivity index (χ0n) is 18.0. The van der Waals surface area contributed by atoms with Gasteiger partial charge >= 0.3 is 11.8 Å². The van der Waals surface area contributed by atoms with Crippen LogP contribution < -0.4 is 0 Å². The van der Waals surface area contributed by atoms with Crippen molar-refractivity contribution in [3.63, 3.8) is 0 Å². The molecule has 4 heterocycles. The Morgan fingerprint density at radius 2 is 1.45 bits per heavy atom. The Bertz CT molecular complexity index is 1230. The normalized spacial score (nSPS) is 16.5. The number of hydrogen-bond acceptors (Lipinski definition) is 5. The highest BCUT2D eigenvalue weighted by Gasteiger charge is 2.32. The minimum absolute atomic E-state index is 0.101. The number of carbonyl (C=O) groups excluding carboxylic acids is 3. The molecule has 3 amide bonds. The summed E-state index contributed by atoms with van der Waals surface area (Å²) in [5.41, 5.74) is 2.03. The fourth-order valence-corrected chi connectivity index (χ4v) is 5.41. The first kappa shape index (κ1) is 21.9. The Morgan fingerprint density at radius 1 is 0.818 bits per heavy atom. The first-order valence-electron chi connectivity index (χ1n) is 11.0. The molecule has 170 valence electrons. The van der Waals surface area contributed by atoms with Crippen molar-refractivity contribution in [1.82, 2.24) is 19.7 Å². The van der Waals surface area contributed by atoms with Crippen LogP contribution in [0.25, 0.3) is 21.5 Å². The average Bonchev–Trinajstić information content (AvgIpc) is 3.54. The molecule has 0 spiro atoms. The van der Waals surface area contributed by atoms with Gasteiger partial charge in [-0.15, -0.1) is 11.3 Å². The number of nitrogens with zero attached hydrogens (tertiary/aromatic N) is 4. The van der Waals surface area contributed by atoms with Gasteiger partial charge in [-0.3, -0.25) is 14.4 Å². The number of aromatic nitrogens is 1. The molecule has 0 unspecified atom stereocenters. The van der Waals surface area contributed by atoms with Crippen LogP contribution in [-0.4, -0.2) is 76.7 Å². The van der Waals surface area contributed by atoms with Crippen LogP contribution in [0, 0.1) is 0 Å². The van der Waals surface area contributed by atoms with Crippen molar-refractivity contribution in [2.75, 3.05) is 39.3 Å². The van der Waals surface area contributed by atoms with Crippen LogP contribution in [0.3, 0.4) is 0 Å². The molecule has 5 rings (SSSR count). The third-order valence-electron chi connectivity index (χ3n) is 6.20. The number of halogens is 1. The van der Waals surface area contributed by atoms with Gasteiger partial charge in [0.05, 0.1) is 26.0 Å². The maximum Gasteiger partial charge on any atom is 0.312 e. The predicted octanol–water partition coefficient (Wildman–Crippen LogP) is 3.52. The summed E-state index contributed by atoms with van der Waals surface area (Å²) in [7, 11) is 0. The minimum atomic E-state index is -0.463. The molecule has 0 N–H and O–H groups in total. The van der Waals surface area contributed by atoms with Gasteiger partial charge < -0.3 is 14.7 Å². The molecule has 0 radical (unpaired) electrons. The smallest absolute Gasteiger partial charge is 0.312 e. The van der Waals surface area contributed by atoms with Gasteiger partial charge in [-0.25, -0.2) is 4.98 Å². The molecule has 2 saturated heterocycles. The highest BCUT2D eigenvalue weighted by atomic mass is 35.5. The van der Waals surface area contributed by atoms with Crippen molar-refractivity contribution in [3.8, 4) is 10.6 Å². The second kappa shape index (κ2) is 9.11. The van der Waals surface area contributed by atoms with E-state index in [1.54, 1.807) is 14.7 Å². The molecule has 9 heteroatoms. The summed E-state index contributed by atoms with van der Waals surface area (Å²) in [4.78, 5) is 49.1. The Morgan fingerprint density at radius 3 is 2.12 bits per heavy atom. The molecule has 33 heavy (non-hydrogen) atoms. The molecule has 0 aliphatic carbocycles. The third-order valence-corrected chi connectivity index (χ3v) is 7.46. The number of likely N-dealkylation sites (tertiary alicyclic amines) is 1. The number of thiophene rings is 1. The first-order valence-corrected chi connectivity index (χ1v) is 12.2. The topological polar surface area (TPSA) is 73.8 Å². The van der Waals surface area contributed by atoms with Gasteiger partial charge in [-0.1, -0.05) is 29.8 Å². The Hall–Kier alpha value is -2.97. The van der Waals surface area contributed by atoms with E-state index in [2.05, 4.69) is 0 Å². The first-order chi connectivity index (χ1) is 16.0. The fourth-order valence-electron chi connectivity index (χ4n) is 4.40. The maximum atomic E-state index is 13.5. The molecule has 2 aliphatic heterocycles. The van der Waals surface area contributed by atoms with Gasteiger partial charge in [0.15, 0.2) is 0 Å². The van der Waals surface area contributed by atoms with Gasteiger partial charge in [-0.05, 0) is 37.1 Å². The standard InChI is InChI=1S/C24H23ClN4O3S/c25-21-8-7-20(33-21)19-15-17(16-5-1-2-6-18(16)26-19)22(30)28-11-13-29(14-12-28)24(32)23(31)27-9-3-4-10-27/h1-2,5-8,15H,3-4,9-14H2. The molecular formula is C24H23ClN4O3S. The minimum Gasteiger partial charge on any atom is -0.335 e. The van der Waals surface area contributed by atoms with Gasteiger partial charge in [-0.2, -0.15) is 0 Å². The van der Waals surface area contributed by atoms with E-state index in [4.69, 9.17) is 16.6 Å². The van der Waals surface area contributed by atoms with E-state index in [1.807, 2.05) is 42.5 Å². The van der Waals surface area contributed by atoms with Crippen LogP contribution in [0.15, 0.2) is 42.5 Å². The fraction of sp³-hybridized carbons (Fsp3) is 0.333. The monoisotopic (exact) mass is 482 g/mol. The van der Waals surface area contributed by atoms with Crippen molar-refractivity contribution >= 4 is 51.6 Å². The van der Waals surface area contributed by atoms with Gasteiger partial charge in [0.25, 0.3) is 5.91 Å². The molecule has 0 atom stereocenters. The lowest BCUT2D eigenvalue weighted by molar-refractivity contribution is -0.152. The number of fused-ring (bicyclic) bond motifs is 1. The predicted molar refractivity (Wildman–Crippen MR) is 128 cm³/mol. The van der Waals surface area contributed by atoms with Crippen LogP contribution in [-0.2, 0) is 9.59 Å². The number of para-hydroxylation sites is 1. The molecule has 2 aromatic heterocycles. The van der Waals surface area contributed by atoms with Crippen molar-refractivity contribution in [2.24, 2.45) is 0 Å². The molecule has 2 fully saturated rings. The second-order valence-electron chi connectivity index (χ2n) is 8.26. The summed E-state index contributed by atoms with van der Waals surface area (Å²) in [6.07, 6.45) is 1.89. The number of carbonyl (C=O) groups is 3. The lowest BCUT2D eigenvalue weighted by atomic mass is 10.1. The van der Waals surface area contributed by atoms with Crippen LogP contribution >= 0.6 is 22.9 Å². The summed E-state index contributed by atoms with van der Waals surface area (Å²) in [5.74, 6) is -0.989. The Labute approximate surface area is 200 Å². The number of rotatable bonds is 2. The molecule has 7 nitrogen and oxygen atoms in total. The third kappa shape index (κ3) is 4.32.